The van der Waals surface area contributed by atoms with Crippen molar-refractivity contribution < 1.29 is 19.1 Å². The number of esters is 2. The SMILES string of the molecule is CC(C)(C)OC(=O)C(CC[SiH3])C(=O)OC(C)(C)C. The number of hydrogen-bond acceptors (Lipinski definition) is 4. The second-order valence-corrected chi connectivity index (χ2v) is 7.41. The van der Waals surface area contributed by atoms with Crippen molar-refractivity contribution in [1.29, 1.82) is 0 Å². The molecule has 0 aromatic carbocycles. The second kappa shape index (κ2) is 6.36. The maximum absolute atomic E-state index is 12.0. The van der Waals surface area contributed by atoms with Crippen LogP contribution in [0, 0.1) is 5.92 Å². The number of carbonyl (C=O) groups is 2. The zero-order valence-electron chi connectivity index (χ0n) is 12.6. The highest BCUT2D eigenvalue weighted by molar-refractivity contribution is 6.09. The largest absolute Gasteiger partial charge is 0.459 e. The third kappa shape index (κ3) is 7.48. The molecule has 0 aromatic heterocycles. The Labute approximate surface area is 113 Å². The lowest BCUT2D eigenvalue weighted by atomic mass is 10.1. The molecular weight excluding hydrogens is 248 g/mol. The van der Waals surface area contributed by atoms with Gasteiger partial charge in [0.25, 0.3) is 0 Å². The zero-order valence-corrected chi connectivity index (χ0v) is 14.6. The maximum Gasteiger partial charge on any atom is 0.320 e. The van der Waals surface area contributed by atoms with Crippen LogP contribution in [0.4, 0.5) is 0 Å². The summed E-state index contributed by atoms with van der Waals surface area (Å²) in [5, 5.41) is 0. The van der Waals surface area contributed by atoms with Crippen LogP contribution in [0.3, 0.4) is 0 Å². The summed E-state index contributed by atoms with van der Waals surface area (Å²) in [6.07, 6.45) is 0.510. The van der Waals surface area contributed by atoms with Crippen molar-refractivity contribution >= 4 is 22.2 Å². The minimum Gasteiger partial charge on any atom is -0.459 e. The molecule has 0 rings (SSSR count). The molecule has 0 fully saturated rings. The Hall–Kier alpha value is -0.843. The van der Waals surface area contributed by atoms with E-state index in [4.69, 9.17) is 9.47 Å². The second-order valence-electron chi connectivity index (χ2n) is 6.41. The van der Waals surface area contributed by atoms with Gasteiger partial charge in [0, 0.05) is 10.2 Å². The van der Waals surface area contributed by atoms with Crippen LogP contribution in [-0.4, -0.2) is 33.4 Å². The molecule has 0 aliphatic carbocycles. The molecule has 5 heteroatoms. The van der Waals surface area contributed by atoms with E-state index in [9.17, 15) is 9.59 Å². The van der Waals surface area contributed by atoms with E-state index in [1.165, 1.54) is 0 Å². The normalized spacial score (nSPS) is 12.6. The van der Waals surface area contributed by atoms with Gasteiger partial charge in [0.05, 0.1) is 0 Å². The van der Waals surface area contributed by atoms with Crippen molar-refractivity contribution in [3.63, 3.8) is 0 Å². The Bertz CT molecular complexity index is 271. The van der Waals surface area contributed by atoms with E-state index in [0.717, 1.165) is 16.3 Å². The van der Waals surface area contributed by atoms with Crippen LogP contribution in [0.25, 0.3) is 0 Å². The summed E-state index contributed by atoms with van der Waals surface area (Å²) in [5.41, 5.74) is -1.16. The van der Waals surface area contributed by atoms with Crippen LogP contribution in [0.5, 0.6) is 0 Å². The molecule has 0 radical (unpaired) electrons. The summed E-state index contributed by atoms with van der Waals surface area (Å²) < 4.78 is 10.5. The molecule has 0 atom stereocenters. The van der Waals surface area contributed by atoms with Gasteiger partial charge in [0.1, 0.15) is 11.2 Å². The van der Waals surface area contributed by atoms with E-state index < -0.39 is 29.1 Å². The van der Waals surface area contributed by atoms with Gasteiger partial charge in [-0.05, 0) is 48.0 Å². The van der Waals surface area contributed by atoms with Crippen molar-refractivity contribution in [1.82, 2.24) is 0 Å². The van der Waals surface area contributed by atoms with Crippen molar-refractivity contribution in [2.75, 3.05) is 0 Å². The summed E-state index contributed by atoms with van der Waals surface area (Å²) >= 11 is 0. The molecule has 0 unspecified atom stereocenters. The molecule has 0 saturated carbocycles. The number of ether oxygens (including phenoxy) is 2. The summed E-state index contributed by atoms with van der Waals surface area (Å²) in [5.74, 6) is -1.75. The van der Waals surface area contributed by atoms with Crippen LogP contribution in [0.1, 0.15) is 48.0 Å². The fourth-order valence-corrected chi connectivity index (χ4v) is 1.94. The summed E-state index contributed by atoms with van der Waals surface area (Å²) in [6.45, 7) is 10.7. The fourth-order valence-electron chi connectivity index (χ4n) is 1.37. The third-order valence-corrected chi connectivity index (χ3v) is 2.54. The van der Waals surface area contributed by atoms with E-state index >= 15 is 0 Å². The fraction of sp³-hybridized carbons (Fsp3) is 0.846. The van der Waals surface area contributed by atoms with Gasteiger partial charge in [-0.15, -0.1) is 0 Å². The molecule has 0 aromatic rings. The summed E-state index contributed by atoms with van der Waals surface area (Å²) in [6, 6.07) is 0.864. The van der Waals surface area contributed by atoms with Crippen LogP contribution < -0.4 is 0 Å². The van der Waals surface area contributed by atoms with Crippen molar-refractivity contribution in [3.8, 4) is 0 Å². The average Bonchev–Trinajstić information content (AvgIpc) is 2.07. The molecule has 0 aliphatic rings. The molecule has 0 bridgehead atoms. The van der Waals surface area contributed by atoms with Gasteiger partial charge in [-0.2, -0.15) is 0 Å². The Balaban J connectivity index is 4.75. The lowest BCUT2D eigenvalue weighted by molar-refractivity contribution is -0.174. The van der Waals surface area contributed by atoms with Crippen LogP contribution >= 0.6 is 0 Å². The van der Waals surface area contributed by atoms with Crippen LogP contribution in [-0.2, 0) is 19.1 Å². The molecule has 0 aliphatic heterocycles. The lowest BCUT2D eigenvalue weighted by Gasteiger charge is -2.26. The smallest absolute Gasteiger partial charge is 0.320 e. The van der Waals surface area contributed by atoms with Gasteiger partial charge in [-0.25, -0.2) is 0 Å². The van der Waals surface area contributed by atoms with Crippen LogP contribution in [0.2, 0.25) is 6.04 Å². The number of carbonyl (C=O) groups excluding carboxylic acids is 2. The molecule has 106 valence electrons. The first kappa shape index (κ1) is 17.2. The molecule has 4 nitrogen and oxygen atoms in total. The predicted octanol–water partition coefficient (Wildman–Crippen LogP) is 1.46. The minimum atomic E-state index is -0.791. The lowest BCUT2D eigenvalue weighted by Crippen LogP contribution is -2.36. The monoisotopic (exact) mass is 274 g/mol. The first-order valence-corrected chi connectivity index (χ1v) is 7.83. The predicted molar refractivity (Wildman–Crippen MR) is 74.5 cm³/mol. The van der Waals surface area contributed by atoms with E-state index in [2.05, 4.69) is 0 Å². The molecule has 0 amide bonds. The van der Waals surface area contributed by atoms with Gasteiger partial charge in [0.15, 0.2) is 5.92 Å². The van der Waals surface area contributed by atoms with E-state index in [-0.39, 0.29) is 0 Å². The molecule has 0 saturated heterocycles. The quantitative estimate of drug-likeness (QED) is 0.442. The van der Waals surface area contributed by atoms with Gasteiger partial charge >= 0.3 is 11.9 Å². The average molecular weight is 274 g/mol. The third-order valence-electron chi connectivity index (χ3n) is 1.96. The highest BCUT2D eigenvalue weighted by atomic mass is 28.1. The highest BCUT2D eigenvalue weighted by Gasteiger charge is 2.33. The van der Waals surface area contributed by atoms with Gasteiger partial charge in [0.2, 0.25) is 0 Å². The van der Waals surface area contributed by atoms with Crippen LogP contribution in [0.15, 0.2) is 0 Å². The first-order chi connectivity index (χ1) is 7.96. The van der Waals surface area contributed by atoms with Crippen molar-refractivity contribution in [2.24, 2.45) is 5.92 Å². The number of hydrogen-bond donors (Lipinski definition) is 0. The molecule has 18 heavy (non-hydrogen) atoms. The zero-order chi connectivity index (χ0) is 14.6. The Morgan fingerprint density at radius 2 is 1.28 bits per heavy atom. The van der Waals surface area contributed by atoms with Gasteiger partial charge in [-0.3, -0.25) is 9.59 Å². The Morgan fingerprint density at radius 1 is 0.944 bits per heavy atom. The highest BCUT2D eigenvalue weighted by Crippen LogP contribution is 2.19. The Morgan fingerprint density at radius 3 is 1.50 bits per heavy atom. The van der Waals surface area contributed by atoms with Gasteiger partial charge < -0.3 is 9.47 Å². The number of rotatable bonds is 4. The topological polar surface area (TPSA) is 52.6 Å². The van der Waals surface area contributed by atoms with E-state index in [1.807, 2.05) is 0 Å². The van der Waals surface area contributed by atoms with Gasteiger partial charge in [-0.1, -0.05) is 6.04 Å². The van der Waals surface area contributed by atoms with E-state index in [0.29, 0.717) is 6.42 Å². The summed E-state index contributed by atoms with van der Waals surface area (Å²) in [4.78, 5) is 23.9. The van der Waals surface area contributed by atoms with Crippen molar-refractivity contribution in [2.45, 2.75) is 65.2 Å². The Kier molecular flexibility index (Phi) is 6.06. The van der Waals surface area contributed by atoms with Crippen molar-refractivity contribution in [3.05, 3.63) is 0 Å². The standard InChI is InChI=1S/C13H26O4Si/c1-12(2,3)16-10(14)9(7-8-18)11(15)17-13(4,5)6/h9H,7-8H2,1-6,18H3. The van der Waals surface area contributed by atoms with E-state index in [1.54, 1.807) is 41.5 Å². The first-order valence-electron chi connectivity index (χ1n) is 6.42. The molecule has 0 heterocycles. The molecule has 0 N–H and O–H groups in total. The minimum absolute atomic E-state index is 0.479. The molecule has 0 spiro atoms. The molecular formula is C13H26O4Si. The summed E-state index contributed by atoms with van der Waals surface area (Å²) in [7, 11) is 0.947. The maximum atomic E-state index is 12.0.